The number of nitrogens with zero attached hydrogens (tertiary/aromatic N) is 3. The van der Waals surface area contributed by atoms with Gasteiger partial charge in [0.25, 0.3) is 10.0 Å². The Morgan fingerprint density at radius 1 is 0.929 bits per heavy atom. The predicted molar refractivity (Wildman–Crippen MR) is 166 cm³/mol. The SMILES string of the molecule is CN(C)CCCc1ccc(CCC(=O)c2cccc3cc(N(CC(=O)O)S(=O)(=O)c4cc(Cl)cc(Cl)c4)ccc23)cn1. The standard InChI is InChI=1S/C31H31Cl2N3O5S/c1-35(2)14-4-6-25-10-8-21(19-34-25)9-13-30(37)29-7-3-5-22-15-26(11-12-28(22)29)36(20-31(38)39)42(40,41)27-17-23(32)16-24(33)18-27/h3,5,7-8,10-12,15-19H,4,6,9,13-14,20H2,1-2H3,(H,38,39). The fraction of sp³-hybridized carbons (Fsp3) is 0.258. The summed E-state index contributed by atoms with van der Waals surface area (Å²) in [4.78, 5) is 31.4. The van der Waals surface area contributed by atoms with E-state index in [0.29, 0.717) is 22.8 Å². The van der Waals surface area contributed by atoms with Crippen molar-refractivity contribution in [3.8, 4) is 0 Å². The first-order valence-electron chi connectivity index (χ1n) is 13.3. The molecule has 0 aliphatic rings. The Labute approximate surface area is 255 Å². The third-order valence-electron chi connectivity index (χ3n) is 6.72. The largest absolute Gasteiger partial charge is 0.480 e. The molecule has 11 heteroatoms. The summed E-state index contributed by atoms with van der Waals surface area (Å²) in [6.07, 6.45) is 4.55. The zero-order chi connectivity index (χ0) is 30.4. The highest BCUT2D eigenvalue weighted by atomic mass is 35.5. The van der Waals surface area contributed by atoms with E-state index in [1.165, 1.54) is 24.3 Å². The Kier molecular flexibility index (Phi) is 10.2. The van der Waals surface area contributed by atoms with E-state index < -0.39 is 22.5 Å². The van der Waals surface area contributed by atoms with Gasteiger partial charge in [-0.05, 0) is 92.6 Å². The van der Waals surface area contributed by atoms with Crippen LogP contribution in [0.3, 0.4) is 0 Å². The highest BCUT2D eigenvalue weighted by Crippen LogP contribution is 2.31. The molecular weight excluding hydrogens is 597 g/mol. The number of benzene rings is 3. The van der Waals surface area contributed by atoms with E-state index in [1.807, 2.05) is 32.4 Å². The summed E-state index contributed by atoms with van der Waals surface area (Å²) in [5, 5.41) is 10.9. The lowest BCUT2D eigenvalue weighted by atomic mass is 9.97. The predicted octanol–water partition coefficient (Wildman–Crippen LogP) is 6.13. The first-order valence-corrected chi connectivity index (χ1v) is 15.5. The molecule has 0 unspecified atom stereocenters. The van der Waals surface area contributed by atoms with Crippen LogP contribution in [0.2, 0.25) is 10.0 Å². The molecular formula is C31H31Cl2N3O5S. The van der Waals surface area contributed by atoms with Crippen molar-refractivity contribution < 1.29 is 23.1 Å². The molecule has 0 aliphatic carbocycles. The molecule has 1 N–H and O–H groups in total. The van der Waals surface area contributed by atoms with Gasteiger partial charge in [-0.25, -0.2) is 8.42 Å². The van der Waals surface area contributed by atoms with Crippen molar-refractivity contribution in [1.82, 2.24) is 9.88 Å². The van der Waals surface area contributed by atoms with Crippen LogP contribution in [0.1, 0.15) is 34.5 Å². The number of carbonyl (C=O) groups is 2. The van der Waals surface area contributed by atoms with E-state index in [1.54, 1.807) is 30.3 Å². The second-order valence-corrected chi connectivity index (χ2v) is 12.9. The number of Topliss-reactive ketones (excluding diaryl/α,β-unsaturated/α-hetero) is 1. The van der Waals surface area contributed by atoms with E-state index in [4.69, 9.17) is 23.2 Å². The monoisotopic (exact) mass is 627 g/mol. The van der Waals surface area contributed by atoms with Gasteiger partial charge >= 0.3 is 5.97 Å². The number of sulfonamides is 1. The Morgan fingerprint density at radius 2 is 1.67 bits per heavy atom. The number of hydrogen-bond acceptors (Lipinski definition) is 6. The smallest absolute Gasteiger partial charge is 0.324 e. The molecule has 0 bridgehead atoms. The summed E-state index contributed by atoms with van der Waals surface area (Å²) in [5.74, 6) is -1.40. The lowest BCUT2D eigenvalue weighted by Gasteiger charge is -2.23. The summed E-state index contributed by atoms with van der Waals surface area (Å²) in [7, 11) is -0.248. The number of carboxylic acid groups (broad SMARTS) is 1. The molecule has 0 aliphatic heterocycles. The molecule has 0 amide bonds. The van der Waals surface area contributed by atoms with Crippen LogP contribution in [-0.2, 0) is 27.7 Å². The van der Waals surface area contributed by atoms with E-state index in [-0.39, 0.29) is 32.8 Å². The Balaban J connectivity index is 1.55. The third kappa shape index (κ3) is 7.86. The minimum atomic E-state index is -4.33. The molecule has 0 saturated carbocycles. The fourth-order valence-corrected chi connectivity index (χ4v) is 6.76. The third-order valence-corrected chi connectivity index (χ3v) is 8.91. The zero-order valence-corrected chi connectivity index (χ0v) is 25.6. The summed E-state index contributed by atoms with van der Waals surface area (Å²) >= 11 is 12.0. The second-order valence-electron chi connectivity index (χ2n) is 10.2. The molecule has 0 radical (unpaired) electrons. The van der Waals surface area contributed by atoms with Crippen LogP contribution in [0.5, 0.6) is 0 Å². The number of rotatable bonds is 13. The number of halogens is 2. The summed E-state index contributed by atoms with van der Waals surface area (Å²) in [5.41, 5.74) is 2.62. The molecule has 3 aromatic carbocycles. The molecule has 0 saturated heterocycles. The number of fused-ring (bicyclic) bond motifs is 1. The minimum absolute atomic E-state index is 0.0630. The van der Waals surface area contributed by atoms with Crippen LogP contribution in [0.15, 0.2) is 77.8 Å². The first kappa shape index (κ1) is 31.4. The van der Waals surface area contributed by atoms with Gasteiger partial charge in [0.05, 0.1) is 10.6 Å². The average Bonchev–Trinajstić information content (AvgIpc) is 2.94. The number of aliphatic carboxylic acids is 1. The summed E-state index contributed by atoms with van der Waals surface area (Å²) in [6.45, 7) is 0.174. The molecule has 1 aromatic heterocycles. The van der Waals surface area contributed by atoms with Crippen molar-refractivity contribution in [2.75, 3.05) is 31.5 Å². The molecule has 1 heterocycles. The topological polar surface area (TPSA) is 108 Å². The Bertz CT molecular complexity index is 1690. The quantitative estimate of drug-likeness (QED) is 0.178. The average molecular weight is 629 g/mol. The van der Waals surface area contributed by atoms with E-state index in [2.05, 4.69) is 9.88 Å². The Hall–Kier alpha value is -3.50. The second kappa shape index (κ2) is 13.6. The van der Waals surface area contributed by atoms with Gasteiger partial charge in [-0.1, -0.05) is 53.5 Å². The maximum atomic E-state index is 13.5. The molecule has 4 aromatic rings. The summed E-state index contributed by atoms with van der Waals surface area (Å²) < 4.78 is 27.8. The molecule has 42 heavy (non-hydrogen) atoms. The number of carboxylic acids is 1. The van der Waals surface area contributed by atoms with Crippen LogP contribution >= 0.6 is 23.2 Å². The van der Waals surface area contributed by atoms with Crippen molar-refractivity contribution in [1.29, 1.82) is 0 Å². The van der Waals surface area contributed by atoms with Crippen molar-refractivity contribution in [2.45, 2.75) is 30.6 Å². The molecule has 8 nitrogen and oxygen atoms in total. The molecule has 220 valence electrons. The fourth-order valence-electron chi connectivity index (χ4n) is 4.63. The van der Waals surface area contributed by atoms with Gasteiger partial charge in [0.15, 0.2) is 5.78 Å². The molecule has 0 fully saturated rings. The van der Waals surface area contributed by atoms with Crippen molar-refractivity contribution >= 4 is 61.4 Å². The van der Waals surface area contributed by atoms with Crippen molar-refractivity contribution in [3.63, 3.8) is 0 Å². The molecule has 0 spiro atoms. The number of hydrogen-bond donors (Lipinski definition) is 1. The van der Waals surface area contributed by atoms with Gasteiger partial charge in [0, 0.05) is 33.9 Å². The van der Waals surface area contributed by atoms with Crippen molar-refractivity contribution in [3.05, 3.63) is 99.8 Å². The van der Waals surface area contributed by atoms with Crippen LogP contribution < -0.4 is 4.31 Å². The summed E-state index contributed by atoms with van der Waals surface area (Å²) in [6, 6.07) is 17.7. The van der Waals surface area contributed by atoms with Crippen molar-refractivity contribution in [2.24, 2.45) is 0 Å². The molecule has 0 atom stereocenters. The van der Waals surface area contributed by atoms with E-state index >= 15 is 0 Å². The number of carbonyl (C=O) groups excluding carboxylic acids is 1. The van der Waals surface area contributed by atoms with Crippen LogP contribution in [0, 0.1) is 0 Å². The van der Waals surface area contributed by atoms with Crippen LogP contribution in [0.25, 0.3) is 10.8 Å². The lowest BCUT2D eigenvalue weighted by molar-refractivity contribution is -0.135. The lowest BCUT2D eigenvalue weighted by Crippen LogP contribution is -2.35. The number of ketones is 1. The number of aryl methyl sites for hydroxylation is 2. The first-order chi connectivity index (χ1) is 19.9. The highest BCUT2D eigenvalue weighted by molar-refractivity contribution is 7.92. The normalized spacial score (nSPS) is 11.6. The maximum Gasteiger partial charge on any atom is 0.324 e. The zero-order valence-electron chi connectivity index (χ0n) is 23.3. The highest BCUT2D eigenvalue weighted by Gasteiger charge is 2.28. The number of pyridine rings is 1. The van der Waals surface area contributed by atoms with Gasteiger partial charge < -0.3 is 10.0 Å². The van der Waals surface area contributed by atoms with Gasteiger partial charge in [0.2, 0.25) is 0 Å². The van der Waals surface area contributed by atoms with Gasteiger partial charge in [-0.15, -0.1) is 0 Å². The van der Waals surface area contributed by atoms with E-state index in [0.717, 1.165) is 34.9 Å². The van der Waals surface area contributed by atoms with Gasteiger partial charge in [-0.3, -0.25) is 18.9 Å². The minimum Gasteiger partial charge on any atom is -0.480 e. The van der Waals surface area contributed by atoms with Gasteiger partial charge in [0.1, 0.15) is 6.54 Å². The number of anilines is 1. The maximum absolute atomic E-state index is 13.5. The Morgan fingerprint density at radius 3 is 2.31 bits per heavy atom. The number of aromatic nitrogens is 1. The van der Waals surface area contributed by atoms with Crippen LogP contribution in [-0.4, -0.2) is 62.3 Å². The molecule has 4 rings (SSSR count). The van der Waals surface area contributed by atoms with Crippen LogP contribution in [0.4, 0.5) is 5.69 Å². The van der Waals surface area contributed by atoms with Gasteiger partial charge in [-0.2, -0.15) is 0 Å². The van der Waals surface area contributed by atoms with E-state index in [9.17, 15) is 23.1 Å².